The van der Waals surface area contributed by atoms with Crippen LogP contribution < -0.4 is 5.32 Å². The van der Waals surface area contributed by atoms with Crippen LogP contribution in [0.2, 0.25) is 0 Å². The molecular weight excluding hydrogens is 1160 g/mol. The summed E-state index contributed by atoms with van der Waals surface area (Å²) in [6, 6.07) is -0.628. The maximum atomic E-state index is 12.6. The molecule has 2 atom stereocenters. The molecule has 2 unspecified atom stereocenters. The monoisotopic (exact) mass is 1330 g/mol. The quantitative estimate of drug-likeness (QED) is 0.0320. The average Bonchev–Trinajstić information content (AvgIpc) is 3.11. The Morgan fingerprint density at radius 2 is 0.526 bits per heavy atom. The number of esters is 1. The number of hydrogen-bond donors (Lipinski definition) is 3. The number of nitrogens with one attached hydrogen (secondary N) is 1. The standard InChI is InChI=1S/C89H169NO5/c1-3-5-7-9-11-13-15-17-19-20-21-22-23-39-42-45-48-51-54-57-61-65-69-73-77-81-87(92)86(85-91)90-88(93)82-78-74-70-66-62-58-55-52-49-46-43-40-37-35-33-31-29-27-25-24-26-28-30-32-34-36-38-41-44-47-50-53-56-60-64-68-72-76-80-84-95-89(94)83-79-75-71-67-63-59-18-16-14-12-10-8-6-4-2/h16,18,24-25,28,30,77,81,86-87,91-92H,3-15,17,19-23,26-27,29,31-76,78-80,82-85H2,1-2H3,(H,90,93)/b18-16-,25-24-,30-28-,81-77+. The van der Waals surface area contributed by atoms with Crippen molar-refractivity contribution in [2.75, 3.05) is 13.2 Å². The van der Waals surface area contributed by atoms with Gasteiger partial charge in [0.25, 0.3) is 0 Å². The molecule has 0 bridgehead atoms. The van der Waals surface area contributed by atoms with E-state index in [0.29, 0.717) is 19.4 Å². The lowest BCUT2D eigenvalue weighted by atomic mass is 10.0. The lowest BCUT2D eigenvalue weighted by Crippen LogP contribution is -2.45. The Bertz CT molecular complexity index is 1590. The van der Waals surface area contributed by atoms with Crippen LogP contribution in [0, 0.1) is 0 Å². The van der Waals surface area contributed by atoms with Gasteiger partial charge in [0.2, 0.25) is 5.91 Å². The second-order valence-corrected chi connectivity index (χ2v) is 29.9. The van der Waals surface area contributed by atoms with Gasteiger partial charge in [0.1, 0.15) is 0 Å². The number of carbonyl (C=O) groups excluding carboxylic acids is 2. The van der Waals surface area contributed by atoms with Crippen molar-refractivity contribution in [2.24, 2.45) is 0 Å². The molecule has 3 N–H and O–H groups in total. The molecule has 0 fully saturated rings. The Kier molecular flexibility index (Phi) is 82.3. The van der Waals surface area contributed by atoms with Crippen molar-refractivity contribution in [3.8, 4) is 0 Å². The zero-order valence-electron chi connectivity index (χ0n) is 64.4. The van der Waals surface area contributed by atoms with Crippen LogP contribution in [-0.4, -0.2) is 47.4 Å². The van der Waals surface area contributed by atoms with Gasteiger partial charge in [-0.25, -0.2) is 0 Å². The molecule has 0 aliphatic carbocycles. The Balaban J connectivity index is 3.38. The molecule has 6 nitrogen and oxygen atoms in total. The van der Waals surface area contributed by atoms with E-state index < -0.39 is 12.1 Å². The SMILES string of the molecule is CCCCCCC/C=C\CCCCCCCC(=O)OCCCCCCCCCCCCCCCCC/C=C\C/C=C\CCCCCCCCCCCCCCCCCCCC(=O)NC(CO)C(O)/C=C/CCCCCCCCCCCCCCCCCCCCCCCCC. The van der Waals surface area contributed by atoms with E-state index in [4.69, 9.17) is 4.74 Å². The zero-order valence-corrected chi connectivity index (χ0v) is 64.4. The summed E-state index contributed by atoms with van der Waals surface area (Å²) in [7, 11) is 0. The molecule has 6 heteroatoms. The molecular formula is C89H169NO5. The summed E-state index contributed by atoms with van der Waals surface area (Å²) < 4.78 is 5.49. The summed E-state index contributed by atoms with van der Waals surface area (Å²) in [5, 5.41) is 23.3. The Hall–Kier alpha value is -2.18. The smallest absolute Gasteiger partial charge is 0.305 e. The number of amides is 1. The molecule has 0 heterocycles. The molecule has 1 amide bonds. The predicted molar refractivity (Wildman–Crippen MR) is 421 cm³/mol. The number of ether oxygens (including phenoxy) is 1. The van der Waals surface area contributed by atoms with Crippen molar-refractivity contribution in [2.45, 2.75) is 495 Å². The van der Waals surface area contributed by atoms with Gasteiger partial charge in [-0.15, -0.1) is 0 Å². The maximum absolute atomic E-state index is 12.6. The largest absolute Gasteiger partial charge is 0.466 e. The first-order valence-corrected chi connectivity index (χ1v) is 43.4. The fraction of sp³-hybridized carbons (Fsp3) is 0.888. The Morgan fingerprint density at radius 3 is 0.811 bits per heavy atom. The highest BCUT2D eigenvalue weighted by atomic mass is 16.5. The topological polar surface area (TPSA) is 95.9 Å². The number of carbonyl (C=O) groups is 2. The third-order valence-electron chi connectivity index (χ3n) is 20.3. The van der Waals surface area contributed by atoms with E-state index in [1.165, 1.54) is 405 Å². The van der Waals surface area contributed by atoms with Crippen LogP contribution in [0.3, 0.4) is 0 Å². The summed E-state index contributed by atoms with van der Waals surface area (Å²) in [6.07, 6.45) is 113. The highest BCUT2D eigenvalue weighted by Gasteiger charge is 2.18. The molecule has 0 saturated carbocycles. The normalized spacial score (nSPS) is 12.7. The Morgan fingerprint density at radius 1 is 0.295 bits per heavy atom. The van der Waals surface area contributed by atoms with Crippen LogP contribution in [0.1, 0.15) is 483 Å². The van der Waals surface area contributed by atoms with Crippen molar-refractivity contribution in [1.82, 2.24) is 5.32 Å². The molecule has 0 aromatic heterocycles. The molecule has 560 valence electrons. The minimum atomic E-state index is -0.845. The number of allylic oxidation sites excluding steroid dienone is 7. The van der Waals surface area contributed by atoms with E-state index in [1.807, 2.05) is 6.08 Å². The van der Waals surface area contributed by atoms with Gasteiger partial charge in [0.05, 0.1) is 25.4 Å². The first-order valence-electron chi connectivity index (χ1n) is 43.4. The highest BCUT2D eigenvalue weighted by Crippen LogP contribution is 2.20. The van der Waals surface area contributed by atoms with Crippen LogP contribution in [0.15, 0.2) is 48.6 Å². The minimum absolute atomic E-state index is 0.0122. The van der Waals surface area contributed by atoms with E-state index >= 15 is 0 Å². The lowest BCUT2D eigenvalue weighted by molar-refractivity contribution is -0.143. The second kappa shape index (κ2) is 84.2. The minimum Gasteiger partial charge on any atom is -0.466 e. The zero-order chi connectivity index (χ0) is 68.4. The van der Waals surface area contributed by atoms with Gasteiger partial charge in [-0.1, -0.05) is 428 Å². The highest BCUT2D eigenvalue weighted by molar-refractivity contribution is 5.76. The number of rotatable bonds is 82. The first-order chi connectivity index (χ1) is 47.0. The molecule has 95 heavy (non-hydrogen) atoms. The van der Waals surface area contributed by atoms with E-state index in [2.05, 4.69) is 55.6 Å². The van der Waals surface area contributed by atoms with Gasteiger partial charge in [-0.3, -0.25) is 9.59 Å². The molecule has 0 aromatic carbocycles. The van der Waals surface area contributed by atoms with Gasteiger partial charge >= 0.3 is 5.97 Å². The van der Waals surface area contributed by atoms with Crippen LogP contribution in [0.25, 0.3) is 0 Å². The van der Waals surface area contributed by atoms with Crippen LogP contribution in [-0.2, 0) is 14.3 Å². The van der Waals surface area contributed by atoms with Gasteiger partial charge in [0, 0.05) is 12.8 Å². The van der Waals surface area contributed by atoms with Crippen molar-refractivity contribution in [1.29, 1.82) is 0 Å². The van der Waals surface area contributed by atoms with Crippen LogP contribution in [0.4, 0.5) is 0 Å². The number of unbranched alkanes of at least 4 members (excludes halogenated alkanes) is 65. The summed E-state index contributed by atoms with van der Waals surface area (Å²) in [5.74, 6) is -0.0474. The van der Waals surface area contributed by atoms with Crippen LogP contribution >= 0.6 is 0 Å². The number of aliphatic hydroxyl groups is 2. The molecule has 0 radical (unpaired) electrons. The fourth-order valence-electron chi connectivity index (χ4n) is 13.7. The van der Waals surface area contributed by atoms with Gasteiger partial charge in [-0.2, -0.15) is 0 Å². The van der Waals surface area contributed by atoms with Gasteiger partial charge in [0.15, 0.2) is 0 Å². The molecule has 0 rings (SSSR count). The lowest BCUT2D eigenvalue weighted by Gasteiger charge is -2.20. The summed E-state index contributed by atoms with van der Waals surface area (Å²) in [5.41, 5.74) is 0. The average molecular weight is 1330 g/mol. The van der Waals surface area contributed by atoms with Crippen molar-refractivity contribution in [3.05, 3.63) is 48.6 Å². The van der Waals surface area contributed by atoms with Crippen LogP contribution in [0.5, 0.6) is 0 Å². The molecule has 0 saturated heterocycles. The first kappa shape index (κ1) is 92.8. The predicted octanol–water partition coefficient (Wildman–Crippen LogP) is 29.1. The van der Waals surface area contributed by atoms with E-state index in [9.17, 15) is 19.8 Å². The maximum Gasteiger partial charge on any atom is 0.305 e. The van der Waals surface area contributed by atoms with Crippen molar-refractivity contribution >= 4 is 11.9 Å². The van der Waals surface area contributed by atoms with Gasteiger partial charge < -0.3 is 20.3 Å². The molecule has 0 aromatic rings. The van der Waals surface area contributed by atoms with Crippen molar-refractivity contribution in [3.63, 3.8) is 0 Å². The van der Waals surface area contributed by atoms with E-state index in [0.717, 1.165) is 51.4 Å². The fourth-order valence-corrected chi connectivity index (χ4v) is 13.7. The number of aliphatic hydroxyl groups excluding tert-OH is 2. The summed E-state index contributed by atoms with van der Waals surface area (Å²) in [4.78, 5) is 24.6. The van der Waals surface area contributed by atoms with E-state index in [-0.39, 0.29) is 18.5 Å². The molecule has 0 aliphatic rings. The van der Waals surface area contributed by atoms with Crippen molar-refractivity contribution < 1.29 is 24.5 Å². The second-order valence-electron chi connectivity index (χ2n) is 29.9. The van der Waals surface area contributed by atoms with Gasteiger partial charge in [-0.05, 0) is 89.9 Å². The summed E-state index contributed by atoms with van der Waals surface area (Å²) >= 11 is 0. The Labute approximate surface area is 595 Å². The number of hydrogen-bond acceptors (Lipinski definition) is 5. The molecule has 0 spiro atoms. The third kappa shape index (κ3) is 80.7. The summed E-state index contributed by atoms with van der Waals surface area (Å²) in [6.45, 7) is 4.94. The third-order valence-corrected chi connectivity index (χ3v) is 20.3. The van der Waals surface area contributed by atoms with E-state index in [1.54, 1.807) is 6.08 Å². The molecule has 0 aliphatic heterocycles.